The van der Waals surface area contributed by atoms with Crippen molar-refractivity contribution in [2.24, 2.45) is 5.73 Å². The second-order valence-corrected chi connectivity index (χ2v) is 3.32. The monoisotopic (exact) mass is 171 g/mol. The molecule has 4 heteroatoms. The van der Waals surface area contributed by atoms with Gasteiger partial charge in [-0.05, 0) is 26.2 Å². The van der Waals surface area contributed by atoms with Crippen molar-refractivity contribution < 1.29 is 0 Å². The van der Waals surface area contributed by atoms with E-state index in [9.17, 15) is 0 Å². The summed E-state index contributed by atoms with van der Waals surface area (Å²) in [5.74, 6) is 0. The van der Waals surface area contributed by atoms with E-state index in [0.717, 1.165) is 25.0 Å². The minimum absolute atomic E-state index is 0.307. The zero-order valence-electron chi connectivity index (χ0n) is 6.66. The Morgan fingerprint density at radius 3 is 3.09 bits per heavy atom. The Labute approximate surface area is 71.0 Å². The van der Waals surface area contributed by atoms with E-state index in [1.165, 1.54) is 11.7 Å². The summed E-state index contributed by atoms with van der Waals surface area (Å²) in [5, 5.41) is 0. The van der Waals surface area contributed by atoms with Crippen molar-refractivity contribution in [3.05, 3.63) is 11.9 Å². The predicted octanol–water partition coefficient (Wildman–Crippen LogP) is 1.21. The quantitative estimate of drug-likeness (QED) is 0.740. The molecule has 1 aromatic heterocycles. The first kappa shape index (κ1) is 8.62. The van der Waals surface area contributed by atoms with Gasteiger partial charge in [-0.1, -0.05) is 0 Å². The number of rotatable bonds is 4. The van der Waals surface area contributed by atoms with Crippen molar-refractivity contribution >= 4 is 11.7 Å². The van der Waals surface area contributed by atoms with E-state index >= 15 is 0 Å². The van der Waals surface area contributed by atoms with E-state index in [2.05, 4.69) is 8.75 Å². The average molecular weight is 171 g/mol. The van der Waals surface area contributed by atoms with E-state index in [0.29, 0.717) is 6.04 Å². The van der Waals surface area contributed by atoms with Crippen molar-refractivity contribution in [2.75, 3.05) is 0 Å². The van der Waals surface area contributed by atoms with Gasteiger partial charge in [0.2, 0.25) is 0 Å². The van der Waals surface area contributed by atoms with Crippen molar-refractivity contribution in [2.45, 2.75) is 32.2 Å². The summed E-state index contributed by atoms with van der Waals surface area (Å²) in [4.78, 5) is 0. The van der Waals surface area contributed by atoms with Gasteiger partial charge in [0.05, 0.1) is 23.6 Å². The lowest BCUT2D eigenvalue weighted by molar-refractivity contribution is 0.621. The van der Waals surface area contributed by atoms with Gasteiger partial charge < -0.3 is 5.73 Å². The zero-order chi connectivity index (χ0) is 8.10. The fraction of sp³-hybridized carbons (Fsp3) is 0.714. The van der Waals surface area contributed by atoms with Gasteiger partial charge in [-0.15, -0.1) is 0 Å². The van der Waals surface area contributed by atoms with Crippen molar-refractivity contribution in [1.29, 1.82) is 0 Å². The lowest BCUT2D eigenvalue weighted by Gasteiger charge is -2.01. The van der Waals surface area contributed by atoms with Crippen LogP contribution in [0, 0.1) is 0 Å². The fourth-order valence-electron chi connectivity index (χ4n) is 0.899. The minimum atomic E-state index is 0.307. The predicted molar refractivity (Wildman–Crippen MR) is 46.5 cm³/mol. The molecule has 0 fully saturated rings. The summed E-state index contributed by atoms with van der Waals surface area (Å²) in [6.07, 6.45) is 5.02. The summed E-state index contributed by atoms with van der Waals surface area (Å²) in [6, 6.07) is 0.307. The highest BCUT2D eigenvalue weighted by atomic mass is 32.1. The molecule has 0 spiro atoms. The molecule has 0 amide bonds. The van der Waals surface area contributed by atoms with Crippen LogP contribution in [0.4, 0.5) is 0 Å². The number of hydrogen-bond donors (Lipinski definition) is 1. The van der Waals surface area contributed by atoms with Gasteiger partial charge in [0, 0.05) is 6.04 Å². The van der Waals surface area contributed by atoms with Crippen molar-refractivity contribution in [3.8, 4) is 0 Å². The molecule has 0 aliphatic heterocycles. The molecule has 1 rings (SSSR count). The van der Waals surface area contributed by atoms with Gasteiger partial charge in [-0.3, -0.25) is 0 Å². The summed E-state index contributed by atoms with van der Waals surface area (Å²) in [7, 11) is 0. The highest BCUT2D eigenvalue weighted by molar-refractivity contribution is 6.99. The average Bonchev–Trinajstić information content (AvgIpc) is 2.39. The second-order valence-electron chi connectivity index (χ2n) is 2.77. The lowest BCUT2D eigenvalue weighted by atomic mass is 10.1. The highest BCUT2D eigenvalue weighted by Gasteiger charge is 1.97. The zero-order valence-corrected chi connectivity index (χ0v) is 7.47. The maximum absolute atomic E-state index is 5.60. The molecule has 0 saturated carbocycles. The molecule has 0 aromatic carbocycles. The molecule has 0 saturated heterocycles. The Hall–Kier alpha value is -0.480. The van der Waals surface area contributed by atoms with E-state index in [1.807, 2.05) is 13.1 Å². The van der Waals surface area contributed by atoms with Crippen LogP contribution in [0.1, 0.15) is 25.5 Å². The number of aromatic nitrogens is 2. The number of aryl methyl sites for hydroxylation is 1. The Kier molecular flexibility index (Phi) is 3.45. The van der Waals surface area contributed by atoms with Crippen LogP contribution in [-0.2, 0) is 6.42 Å². The smallest absolute Gasteiger partial charge is 0.0743 e. The van der Waals surface area contributed by atoms with Gasteiger partial charge in [-0.2, -0.15) is 8.75 Å². The Balaban J connectivity index is 2.14. The third-order valence-electron chi connectivity index (χ3n) is 1.50. The van der Waals surface area contributed by atoms with Gasteiger partial charge in [0.1, 0.15) is 0 Å². The third-order valence-corrected chi connectivity index (χ3v) is 2.02. The van der Waals surface area contributed by atoms with Gasteiger partial charge >= 0.3 is 0 Å². The lowest BCUT2D eigenvalue weighted by Crippen LogP contribution is -2.14. The first-order chi connectivity index (χ1) is 5.29. The summed E-state index contributed by atoms with van der Waals surface area (Å²) >= 11 is 1.27. The van der Waals surface area contributed by atoms with Crippen LogP contribution in [0.3, 0.4) is 0 Å². The molecule has 0 radical (unpaired) electrons. The second kappa shape index (κ2) is 4.41. The topological polar surface area (TPSA) is 51.8 Å². The summed E-state index contributed by atoms with van der Waals surface area (Å²) < 4.78 is 8.02. The van der Waals surface area contributed by atoms with Crippen LogP contribution in [0.15, 0.2) is 6.20 Å². The maximum atomic E-state index is 5.60. The van der Waals surface area contributed by atoms with E-state index in [1.54, 1.807) is 0 Å². The van der Waals surface area contributed by atoms with Crippen LogP contribution in [0.2, 0.25) is 0 Å². The minimum Gasteiger partial charge on any atom is -0.328 e. The molecule has 1 unspecified atom stereocenters. The van der Waals surface area contributed by atoms with E-state index in [-0.39, 0.29) is 0 Å². The van der Waals surface area contributed by atoms with Gasteiger partial charge in [0.15, 0.2) is 0 Å². The summed E-state index contributed by atoms with van der Waals surface area (Å²) in [5.41, 5.74) is 6.69. The molecular weight excluding hydrogens is 158 g/mol. The molecule has 62 valence electrons. The molecule has 0 aliphatic rings. The maximum Gasteiger partial charge on any atom is 0.0743 e. The van der Waals surface area contributed by atoms with Crippen LogP contribution >= 0.6 is 11.7 Å². The van der Waals surface area contributed by atoms with Crippen LogP contribution < -0.4 is 5.73 Å². The summed E-state index contributed by atoms with van der Waals surface area (Å²) in [6.45, 7) is 2.03. The molecule has 3 nitrogen and oxygen atoms in total. The SMILES string of the molecule is CC(N)CCCc1cnsn1. The van der Waals surface area contributed by atoms with Crippen LogP contribution in [-0.4, -0.2) is 14.8 Å². The molecule has 0 aliphatic carbocycles. The Bertz CT molecular complexity index is 184. The Morgan fingerprint density at radius 1 is 1.73 bits per heavy atom. The number of nitrogens with two attached hydrogens (primary N) is 1. The van der Waals surface area contributed by atoms with Gasteiger partial charge in [0.25, 0.3) is 0 Å². The van der Waals surface area contributed by atoms with E-state index in [4.69, 9.17) is 5.73 Å². The van der Waals surface area contributed by atoms with Crippen LogP contribution in [0.25, 0.3) is 0 Å². The number of hydrogen-bond acceptors (Lipinski definition) is 4. The molecule has 1 aromatic rings. The molecule has 1 atom stereocenters. The highest BCUT2D eigenvalue weighted by Crippen LogP contribution is 2.03. The normalized spacial score (nSPS) is 13.3. The van der Waals surface area contributed by atoms with Crippen LogP contribution in [0.5, 0.6) is 0 Å². The molecule has 2 N–H and O–H groups in total. The first-order valence-electron chi connectivity index (χ1n) is 3.81. The molecular formula is C7H13N3S. The van der Waals surface area contributed by atoms with Crippen molar-refractivity contribution in [1.82, 2.24) is 8.75 Å². The molecule has 11 heavy (non-hydrogen) atoms. The number of nitrogens with zero attached hydrogens (tertiary/aromatic N) is 2. The first-order valence-corrected chi connectivity index (χ1v) is 4.54. The fourth-order valence-corrected chi connectivity index (χ4v) is 1.36. The Morgan fingerprint density at radius 2 is 2.55 bits per heavy atom. The standard InChI is InChI=1S/C7H13N3S/c1-6(8)3-2-4-7-5-9-11-10-7/h5-6H,2-4,8H2,1H3. The van der Waals surface area contributed by atoms with Crippen molar-refractivity contribution in [3.63, 3.8) is 0 Å². The molecule has 0 bridgehead atoms. The third kappa shape index (κ3) is 3.43. The van der Waals surface area contributed by atoms with Gasteiger partial charge in [-0.25, -0.2) is 0 Å². The molecule has 1 heterocycles. The van der Waals surface area contributed by atoms with E-state index < -0.39 is 0 Å². The largest absolute Gasteiger partial charge is 0.328 e.